The Morgan fingerprint density at radius 2 is 1.96 bits per heavy atom. The van der Waals surface area contributed by atoms with Gasteiger partial charge < -0.3 is 9.73 Å². The molecule has 6 nitrogen and oxygen atoms in total. The monoisotopic (exact) mass is 369 g/mol. The van der Waals surface area contributed by atoms with E-state index in [1.54, 1.807) is 17.5 Å². The van der Waals surface area contributed by atoms with Crippen LogP contribution in [0.3, 0.4) is 0 Å². The summed E-state index contributed by atoms with van der Waals surface area (Å²) in [6.07, 6.45) is 2.93. The predicted molar refractivity (Wildman–Crippen MR) is 100 cm³/mol. The molecule has 26 heavy (non-hydrogen) atoms. The molecule has 7 heteroatoms. The minimum Gasteiger partial charge on any atom is -0.431 e. The van der Waals surface area contributed by atoms with Gasteiger partial charge >= 0.3 is 6.01 Å². The minimum atomic E-state index is -0.328. The molecule has 1 aromatic carbocycles. The van der Waals surface area contributed by atoms with Crippen LogP contribution in [0.25, 0.3) is 0 Å². The second kappa shape index (κ2) is 8.44. The van der Waals surface area contributed by atoms with E-state index < -0.39 is 0 Å². The Balaban J connectivity index is 1.50. The van der Waals surface area contributed by atoms with Crippen molar-refractivity contribution in [3.05, 3.63) is 70.2 Å². The van der Waals surface area contributed by atoms with E-state index in [0.717, 1.165) is 12.8 Å². The summed E-state index contributed by atoms with van der Waals surface area (Å²) in [6, 6.07) is 13.6. The number of anilines is 1. The fraction of sp³-hybridized carbons (Fsp3) is 0.211. The van der Waals surface area contributed by atoms with Gasteiger partial charge in [0.2, 0.25) is 0 Å². The van der Waals surface area contributed by atoms with Crippen LogP contribution in [-0.2, 0) is 6.42 Å². The Morgan fingerprint density at radius 1 is 1.15 bits per heavy atom. The number of aromatic nitrogens is 1. The zero-order valence-electron chi connectivity index (χ0n) is 14.3. The quantitative estimate of drug-likeness (QED) is 0.664. The first kappa shape index (κ1) is 17.9. The summed E-state index contributed by atoms with van der Waals surface area (Å²) in [5.41, 5.74) is 1.37. The maximum Gasteiger partial charge on any atom is 0.302 e. The Kier molecular flexibility index (Phi) is 5.80. The molecule has 0 saturated heterocycles. The van der Waals surface area contributed by atoms with E-state index in [1.807, 2.05) is 25.1 Å². The molecule has 3 rings (SSSR count). The summed E-state index contributed by atoms with van der Waals surface area (Å²) in [5.74, 6) is -0.643. The Labute approximate surface area is 155 Å². The van der Waals surface area contributed by atoms with E-state index in [-0.39, 0.29) is 29.6 Å². The lowest BCUT2D eigenvalue weighted by atomic mass is 10.1. The highest BCUT2D eigenvalue weighted by Crippen LogP contribution is 2.13. The van der Waals surface area contributed by atoms with Crippen LogP contribution < -0.4 is 10.6 Å². The summed E-state index contributed by atoms with van der Waals surface area (Å²) in [7, 11) is 0. The Morgan fingerprint density at radius 3 is 2.69 bits per heavy atom. The van der Waals surface area contributed by atoms with Gasteiger partial charge in [-0.15, -0.1) is 11.3 Å². The van der Waals surface area contributed by atoms with Gasteiger partial charge in [0.15, 0.2) is 5.69 Å². The van der Waals surface area contributed by atoms with Crippen LogP contribution in [0.2, 0.25) is 0 Å². The molecule has 0 radical (unpaired) electrons. The highest BCUT2D eigenvalue weighted by atomic mass is 32.1. The third-order valence-corrected chi connectivity index (χ3v) is 4.66. The maximum absolute atomic E-state index is 12.2. The minimum absolute atomic E-state index is 0.00508. The Hall–Kier alpha value is -2.93. The molecule has 1 atom stereocenters. The second-order valence-corrected chi connectivity index (χ2v) is 6.82. The second-order valence-electron chi connectivity index (χ2n) is 5.87. The lowest BCUT2D eigenvalue weighted by Gasteiger charge is -2.12. The van der Waals surface area contributed by atoms with Gasteiger partial charge in [0, 0.05) is 6.04 Å². The number of amides is 2. The molecule has 0 aliphatic heterocycles. The fourth-order valence-electron chi connectivity index (χ4n) is 2.40. The third kappa shape index (κ3) is 4.80. The van der Waals surface area contributed by atoms with Crippen molar-refractivity contribution in [3.63, 3.8) is 0 Å². The zero-order chi connectivity index (χ0) is 18.4. The summed E-state index contributed by atoms with van der Waals surface area (Å²) in [4.78, 5) is 28.8. The molecule has 0 saturated carbocycles. The van der Waals surface area contributed by atoms with Crippen LogP contribution in [0.15, 0.2) is 58.5 Å². The number of rotatable bonds is 7. The average molecular weight is 369 g/mol. The fourth-order valence-corrected chi connectivity index (χ4v) is 3.02. The number of hydrogen-bond acceptors (Lipinski definition) is 5. The van der Waals surface area contributed by atoms with Crippen molar-refractivity contribution in [1.29, 1.82) is 0 Å². The molecule has 2 amide bonds. The van der Waals surface area contributed by atoms with Crippen molar-refractivity contribution in [1.82, 2.24) is 10.3 Å². The smallest absolute Gasteiger partial charge is 0.302 e. The number of aryl methyl sites for hydroxylation is 1. The van der Waals surface area contributed by atoms with E-state index >= 15 is 0 Å². The van der Waals surface area contributed by atoms with Crippen LogP contribution >= 0.6 is 11.3 Å². The van der Waals surface area contributed by atoms with E-state index in [9.17, 15) is 9.59 Å². The van der Waals surface area contributed by atoms with Gasteiger partial charge in [-0.3, -0.25) is 14.9 Å². The lowest BCUT2D eigenvalue weighted by Crippen LogP contribution is -2.33. The van der Waals surface area contributed by atoms with E-state index in [0.29, 0.717) is 4.88 Å². The van der Waals surface area contributed by atoms with Crippen molar-refractivity contribution >= 4 is 29.2 Å². The van der Waals surface area contributed by atoms with Crippen molar-refractivity contribution in [2.75, 3.05) is 5.32 Å². The lowest BCUT2D eigenvalue weighted by molar-refractivity contribution is 0.0932. The summed E-state index contributed by atoms with van der Waals surface area (Å²) < 4.78 is 5.17. The topological polar surface area (TPSA) is 84.2 Å². The molecule has 0 bridgehead atoms. The van der Waals surface area contributed by atoms with Gasteiger partial charge in [0.05, 0.1) is 4.88 Å². The van der Waals surface area contributed by atoms with Gasteiger partial charge in [-0.05, 0) is 36.8 Å². The summed E-state index contributed by atoms with van der Waals surface area (Å²) in [5, 5.41) is 7.23. The first-order chi connectivity index (χ1) is 12.6. The van der Waals surface area contributed by atoms with E-state index in [1.165, 1.54) is 23.2 Å². The molecule has 2 N–H and O–H groups in total. The molecule has 2 heterocycles. The van der Waals surface area contributed by atoms with Gasteiger partial charge in [0.25, 0.3) is 11.8 Å². The number of carbonyl (C=O) groups excluding carboxylic acids is 2. The number of carbonyl (C=O) groups is 2. The highest BCUT2D eigenvalue weighted by molar-refractivity contribution is 7.12. The zero-order valence-corrected chi connectivity index (χ0v) is 15.1. The van der Waals surface area contributed by atoms with Crippen molar-refractivity contribution in [2.45, 2.75) is 25.8 Å². The first-order valence-electron chi connectivity index (χ1n) is 8.27. The van der Waals surface area contributed by atoms with Crippen molar-refractivity contribution in [3.8, 4) is 0 Å². The predicted octanol–water partition coefficient (Wildman–Crippen LogP) is 3.74. The maximum atomic E-state index is 12.2. The van der Waals surface area contributed by atoms with E-state index in [4.69, 9.17) is 4.42 Å². The van der Waals surface area contributed by atoms with Crippen LogP contribution in [-0.4, -0.2) is 22.8 Å². The molecule has 0 aliphatic carbocycles. The molecule has 1 unspecified atom stereocenters. The Bertz CT molecular complexity index is 859. The van der Waals surface area contributed by atoms with E-state index in [2.05, 4.69) is 27.8 Å². The SMILES string of the molecule is CC(CCc1ccccc1)NC(=O)c1coc(NC(=O)c2cccs2)n1. The van der Waals surface area contributed by atoms with Gasteiger partial charge in [-0.25, -0.2) is 0 Å². The molecule has 134 valence electrons. The van der Waals surface area contributed by atoms with Crippen LogP contribution in [0.5, 0.6) is 0 Å². The number of nitrogens with one attached hydrogen (secondary N) is 2. The molecule has 0 fully saturated rings. The van der Waals surface area contributed by atoms with Gasteiger partial charge in [-0.1, -0.05) is 36.4 Å². The normalized spacial score (nSPS) is 11.7. The molecular formula is C19H19N3O3S. The molecule has 0 spiro atoms. The molecular weight excluding hydrogens is 350 g/mol. The number of hydrogen-bond donors (Lipinski definition) is 2. The van der Waals surface area contributed by atoms with Crippen molar-refractivity contribution < 1.29 is 14.0 Å². The molecule has 3 aromatic rings. The molecule has 0 aliphatic rings. The highest BCUT2D eigenvalue weighted by Gasteiger charge is 2.16. The van der Waals surface area contributed by atoms with Gasteiger partial charge in [-0.2, -0.15) is 4.98 Å². The number of oxazole rings is 1. The largest absolute Gasteiger partial charge is 0.431 e. The number of benzene rings is 1. The van der Waals surface area contributed by atoms with Crippen LogP contribution in [0.4, 0.5) is 6.01 Å². The summed E-state index contributed by atoms with van der Waals surface area (Å²) in [6.45, 7) is 1.94. The van der Waals surface area contributed by atoms with Crippen molar-refractivity contribution in [2.24, 2.45) is 0 Å². The molecule has 2 aromatic heterocycles. The standard InChI is InChI=1S/C19H19N3O3S/c1-13(9-10-14-6-3-2-4-7-14)20-17(23)15-12-25-19(21-15)22-18(24)16-8-5-11-26-16/h2-8,11-13H,9-10H2,1H3,(H,20,23)(H,21,22,24). The first-order valence-corrected chi connectivity index (χ1v) is 9.15. The number of nitrogens with zero attached hydrogens (tertiary/aromatic N) is 1. The van der Waals surface area contributed by atoms with Crippen LogP contribution in [0.1, 0.15) is 39.1 Å². The average Bonchev–Trinajstić information content (AvgIpc) is 3.33. The third-order valence-electron chi connectivity index (χ3n) is 3.79. The number of thiophene rings is 1. The van der Waals surface area contributed by atoms with Crippen LogP contribution in [0, 0.1) is 0 Å². The van der Waals surface area contributed by atoms with Gasteiger partial charge in [0.1, 0.15) is 6.26 Å². The summed E-state index contributed by atoms with van der Waals surface area (Å²) >= 11 is 1.31.